The molecule has 0 aromatic heterocycles. The number of ether oxygens (including phenoxy) is 2. The topological polar surface area (TPSA) is 163 Å². The Labute approximate surface area is 247 Å². The molecule has 1 unspecified atom stereocenters. The zero-order valence-corrected chi connectivity index (χ0v) is 25.9. The molecule has 0 aromatic carbocycles. The van der Waals surface area contributed by atoms with Crippen LogP contribution >= 0.6 is 7.60 Å². The summed E-state index contributed by atoms with van der Waals surface area (Å²) in [6, 6.07) is 0. The van der Waals surface area contributed by atoms with Gasteiger partial charge in [0.25, 0.3) is 0 Å². The van der Waals surface area contributed by atoms with Crippen molar-refractivity contribution in [1.29, 1.82) is 0 Å². The fourth-order valence-corrected chi connectivity index (χ4v) is 4.02. The molecular weight excluding hydrogens is 489 g/mol. The number of aliphatic hydroxyl groups is 3. The first-order chi connectivity index (χ1) is 15.2. The van der Waals surface area contributed by atoms with Gasteiger partial charge in [0.05, 0.1) is 6.61 Å². The van der Waals surface area contributed by atoms with Gasteiger partial charge in [-0.05, 0) is 6.42 Å². The van der Waals surface area contributed by atoms with Gasteiger partial charge in [-0.25, -0.2) is 9.36 Å². The van der Waals surface area contributed by atoms with Gasteiger partial charge in [0.1, 0.15) is 24.4 Å². The van der Waals surface area contributed by atoms with E-state index in [0.29, 0.717) is 0 Å². The molecule has 10 nitrogen and oxygen atoms in total. The van der Waals surface area contributed by atoms with Gasteiger partial charge in [0.15, 0.2) is 6.29 Å². The zero-order chi connectivity index (χ0) is 24.0. The summed E-state index contributed by atoms with van der Waals surface area (Å²) in [6.45, 7) is 1.73. The van der Waals surface area contributed by atoms with Crippen LogP contribution in [0.2, 0.25) is 0 Å². The van der Waals surface area contributed by atoms with E-state index in [0.717, 1.165) is 25.7 Å². The molecule has 0 aliphatic carbocycles. The minimum Gasteiger partial charge on any atom is -0.472 e. The molecule has 0 aromatic rings. The third-order valence-electron chi connectivity index (χ3n) is 5.60. The van der Waals surface area contributed by atoms with Crippen molar-refractivity contribution in [3.05, 3.63) is 0 Å². The Hall–Kier alpha value is 1.42. The molecule has 0 amide bonds. The van der Waals surface area contributed by atoms with Crippen molar-refractivity contribution >= 4 is 72.4 Å². The minimum atomic E-state index is -4.92. The molecular formula is C21H41Na2O10P. The molecule has 5 N–H and O–H groups in total. The van der Waals surface area contributed by atoms with Crippen molar-refractivity contribution in [1.82, 2.24) is 0 Å². The summed E-state index contributed by atoms with van der Waals surface area (Å²) in [5.41, 5.74) is -2.04. The van der Waals surface area contributed by atoms with E-state index < -0.39 is 50.6 Å². The SMILES string of the molecule is CCCCCCCCCCCCCCO[C@H]1O[C@H](COP(=O)(O)C(=O)O)[C@@H](O)[C@H](O)[C@H]1O.[Na].[Na]. The number of carboxylic acid groups (broad SMARTS) is 1. The predicted molar refractivity (Wildman–Crippen MR) is 129 cm³/mol. The van der Waals surface area contributed by atoms with Gasteiger partial charge in [-0.15, -0.1) is 0 Å². The van der Waals surface area contributed by atoms with Crippen LogP contribution < -0.4 is 0 Å². The first-order valence-corrected chi connectivity index (χ1v) is 13.3. The van der Waals surface area contributed by atoms with Crippen LogP contribution in [0.25, 0.3) is 0 Å². The molecule has 1 rings (SSSR count). The van der Waals surface area contributed by atoms with Crippen LogP contribution in [-0.2, 0) is 18.6 Å². The first kappa shape index (κ1) is 37.6. The van der Waals surface area contributed by atoms with Gasteiger partial charge in [-0.1, -0.05) is 77.6 Å². The fourth-order valence-electron chi connectivity index (χ4n) is 3.56. The predicted octanol–water partition coefficient (Wildman–Crippen LogP) is 2.63. The largest absolute Gasteiger partial charge is 0.472 e. The molecule has 1 saturated heterocycles. The Kier molecular flexibility index (Phi) is 23.6. The van der Waals surface area contributed by atoms with Gasteiger partial charge >= 0.3 is 13.3 Å². The van der Waals surface area contributed by atoms with E-state index in [-0.39, 0.29) is 65.7 Å². The normalized spacial score (nSPS) is 26.2. The zero-order valence-electron chi connectivity index (χ0n) is 21.0. The maximum absolute atomic E-state index is 11.4. The fraction of sp³-hybridized carbons (Fsp3) is 0.952. The second-order valence-corrected chi connectivity index (χ2v) is 10.1. The molecule has 0 spiro atoms. The van der Waals surface area contributed by atoms with Crippen LogP contribution in [-0.4, -0.2) is 134 Å². The van der Waals surface area contributed by atoms with Gasteiger partial charge in [-0.2, -0.15) is 0 Å². The molecule has 1 aliphatic heterocycles. The van der Waals surface area contributed by atoms with Crippen LogP contribution in [0.15, 0.2) is 0 Å². The number of carbonyl (C=O) groups is 1. The molecule has 2 radical (unpaired) electrons. The standard InChI is InChI=1S/C21H41O10P.2Na/c1-2-3-4-5-6-7-8-9-10-11-12-13-14-29-20-19(24)18(23)17(22)16(31-20)15-30-32(27,28)21(25)26;;/h16-20,22-24H,2-15H2,1H3,(H,25,26)(H,27,28);;/t16-,17-,18+,19-,20+;;/m1../s1. The van der Waals surface area contributed by atoms with Crippen LogP contribution in [0.4, 0.5) is 4.79 Å². The Morgan fingerprint density at radius 3 is 1.76 bits per heavy atom. The number of aliphatic hydroxyl groups excluding tert-OH is 3. The number of hydrogen-bond donors (Lipinski definition) is 5. The molecule has 1 fully saturated rings. The van der Waals surface area contributed by atoms with Crippen LogP contribution in [0.5, 0.6) is 0 Å². The molecule has 1 heterocycles. The molecule has 13 heteroatoms. The van der Waals surface area contributed by atoms with Crippen LogP contribution in [0, 0.1) is 0 Å². The second-order valence-electron chi connectivity index (χ2n) is 8.37. The summed E-state index contributed by atoms with van der Waals surface area (Å²) in [4.78, 5) is 19.8. The van der Waals surface area contributed by atoms with Gasteiger partial charge in [0, 0.05) is 65.7 Å². The van der Waals surface area contributed by atoms with E-state index in [1.165, 1.54) is 51.4 Å². The molecule has 6 atom stereocenters. The quantitative estimate of drug-likeness (QED) is 0.101. The monoisotopic (exact) mass is 530 g/mol. The summed E-state index contributed by atoms with van der Waals surface area (Å²) in [7, 11) is -4.92. The first-order valence-electron chi connectivity index (χ1n) is 11.7. The Morgan fingerprint density at radius 2 is 1.29 bits per heavy atom. The van der Waals surface area contributed by atoms with E-state index in [4.69, 9.17) is 14.6 Å². The molecule has 192 valence electrons. The van der Waals surface area contributed by atoms with Gasteiger partial charge in [-0.3, -0.25) is 4.52 Å². The molecule has 0 saturated carbocycles. The van der Waals surface area contributed by atoms with E-state index in [1.54, 1.807) is 0 Å². The maximum Gasteiger partial charge on any atom is 0.435 e. The number of unbranched alkanes of at least 4 members (excludes halogenated alkanes) is 11. The van der Waals surface area contributed by atoms with Crippen molar-refractivity contribution in [3.8, 4) is 0 Å². The summed E-state index contributed by atoms with van der Waals surface area (Å²) in [6.07, 6.45) is 6.89. The summed E-state index contributed by atoms with van der Waals surface area (Å²) >= 11 is 0. The van der Waals surface area contributed by atoms with Crippen LogP contribution in [0.1, 0.15) is 84.0 Å². The van der Waals surface area contributed by atoms with Crippen molar-refractivity contribution in [2.45, 2.75) is 115 Å². The second kappa shape index (κ2) is 21.4. The third-order valence-corrected chi connectivity index (χ3v) is 6.59. The minimum absolute atomic E-state index is 0. The Morgan fingerprint density at radius 1 is 0.824 bits per heavy atom. The van der Waals surface area contributed by atoms with E-state index in [1.807, 2.05) is 0 Å². The Balaban J connectivity index is 0. The molecule has 1 aliphatic rings. The van der Waals surface area contributed by atoms with E-state index >= 15 is 0 Å². The molecule has 0 bridgehead atoms. The average molecular weight is 531 g/mol. The summed E-state index contributed by atoms with van der Waals surface area (Å²) < 4.78 is 26.6. The van der Waals surface area contributed by atoms with E-state index in [9.17, 15) is 29.6 Å². The number of rotatable bonds is 18. The van der Waals surface area contributed by atoms with Crippen molar-refractivity contribution in [3.63, 3.8) is 0 Å². The Bertz CT molecular complexity index is 572. The van der Waals surface area contributed by atoms with Crippen LogP contribution in [0.3, 0.4) is 0 Å². The smallest absolute Gasteiger partial charge is 0.435 e. The third kappa shape index (κ3) is 15.0. The maximum atomic E-state index is 11.4. The van der Waals surface area contributed by atoms with Crippen molar-refractivity contribution < 1.29 is 48.7 Å². The summed E-state index contributed by atoms with van der Waals surface area (Å²) in [5.74, 6) is 0. The van der Waals surface area contributed by atoms with Crippen molar-refractivity contribution in [2.24, 2.45) is 0 Å². The average Bonchev–Trinajstić information content (AvgIpc) is 2.75. The van der Waals surface area contributed by atoms with Gasteiger partial charge < -0.3 is 34.8 Å². The van der Waals surface area contributed by atoms with Gasteiger partial charge in [0.2, 0.25) is 0 Å². The van der Waals surface area contributed by atoms with E-state index in [2.05, 4.69) is 11.4 Å². The van der Waals surface area contributed by atoms with Crippen molar-refractivity contribution in [2.75, 3.05) is 13.2 Å². The summed E-state index contributed by atoms with van der Waals surface area (Å²) in [5, 5.41) is 38.6. The number of hydrogen-bond acceptors (Lipinski definition) is 8. The molecule has 34 heavy (non-hydrogen) atoms.